The molecule has 0 aliphatic rings. The van der Waals surface area contributed by atoms with Crippen molar-refractivity contribution in [2.24, 2.45) is 0 Å². The molecule has 0 radical (unpaired) electrons. The lowest BCUT2D eigenvalue weighted by atomic mass is 10.2. The third-order valence-electron chi connectivity index (χ3n) is 2.61. The number of benzene rings is 2. The summed E-state index contributed by atoms with van der Waals surface area (Å²) in [5.41, 5.74) is 0.483. The van der Waals surface area contributed by atoms with E-state index in [4.69, 9.17) is 4.74 Å². The molecule has 0 saturated carbocycles. The predicted octanol–water partition coefficient (Wildman–Crippen LogP) is 3.78. The molecule has 110 valence electrons. The van der Waals surface area contributed by atoms with E-state index >= 15 is 0 Å². The number of ether oxygens (including phenoxy) is 2. The molecule has 0 spiro atoms. The van der Waals surface area contributed by atoms with Gasteiger partial charge < -0.3 is 9.47 Å². The second kappa shape index (κ2) is 6.78. The van der Waals surface area contributed by atoms with E-state index in [1.165, 1.54) is 48.5 Å². The number of rotatable bonds is 5. The average Bonchev–Trinajstić information content (AvgIpc) is 2.46. The third kappa shape index (κ3) is 4.24. The third-order valence-corrected chi connectivity index (χ3v) is 2.61. The summed E-state index contributed by atoms with van der Waals surface area (Å²) in [4.78, 5) is 11.9. The summed E-state index contributed by atoms with van der Waals surface area (Å²) < 4.78 is 46.5. The van der Waals surface area contributed by atoms with Crippen LogP contribution >= 0.6 is 0 Å². The Balaban J connectivity index is 2.05. The number of hydrogen-bond donors (Lipinski definition) is 0. The largest absolute Gasteiger partial charge is 0.457 e. The van der Waals surface area contributed by atoms with Crippen molar-refractivity contribution in [3.8, 4) is 5.75 Å². The fourth-order valence-electron chi connectivity index (χ4n) is 1.64. The molecule has 2 rings (SSSR count). The molecule has 0 heterocycles. The normalized spacial score (nSPS) is 10.5. The first-order valence-corrected chi connectivity index (χ1v) is 6.01. The number of para-hydroxylation sites is 1. The molecule has 2 aromatic carbocycles. The van der Waals surface area contributed by atoms with E-state index in [0.717, 1.165) is 0 Å². The second-order valence-electron chi connectivity index (χ2n) is 4.08. The van der Waals surface area contributed by atoms with Crippen LogP contribution < -0.4 is 4.74 Å². The Bertz CT molecular complexity index is 612. The van der Waals surface area contributed by atoms with E-state index in [9.17, 15) is 18.0 Å². The number of esters is 1. The monoisotopic (exact) mass is 296 g/mol. The summed E-state index contributed by atoms with van der Waals surface area (Å²) in [6.07, 6.45) is 0. The Morgan fingerprint density at radius 1 is 1.05 bits per heavy atom. The van der Waals surface area contributed by atoms with Crippen molar-refractivity contribution in [2.45, 2.75) is 13.2 Å². The molecular weight excluding hydrogens is 285 g/mol. The highest BCUT2D eigenvalue weighted by Crippen LogP contribution is 2.21. The van der Waals surface area contributed by atoms with Crippen molar-refractivity contribution in [1.29, 1.82) is 0 Å². The quantitative estimate of drug-likeness (QED) is 0.788. The van der Waals surface area contributed by atoms with Gasteiger partial charge in [0.1, 0.15) is 23.7 Å². The van der Waals surface area contributed by atoms with Gasteiger partial charge in [0.15, 0.2) is 0 Å². The number of halogens is 3. The maximum Gasteiger partial charge on any atom is 0.387 e. The van der Waals surface area contributed by atoms with Crippen LogP contribution in [0, 0.1) is 5.82 Å². The van der Waals surface area contributed by atoms with Gasteiger partial charge in [0.05, 0.1) is 0 Å². The summed E-state index contributed by atoms with van der Waals surface area (Å²) in [5, 5.41) is 0. The van der Waals surface area contributed by atoms with Crippen molar-refractivity contribution in [1.82, 2.24) is 0 Å². The van der Waals surface area contributed by atoms with E-state index in [2.05, 4.69) is 4.74 Å². The summed E-state index contributed by atoms with van der Waals surface area (Å²) in [6, 6.07) is 10.9. The van der Waals surface area contributed by atoms with E-state index in [1.54, 1.807) is 0 Å². The van der Waals surface area contributed by atoms with Crippen LogP contribution in [-0.4, -0.2) is 12.6 Å². The van der Waals surface area contributed by atoms with Crippen molar-refractivity contribution >= 4 is 5.97 Å². The second-order valence-corrected chi connectivity index (χ2v) is 4.08. The zero-order valence-electron chi connectivity index (χ0n) is 10.8. The summed E-state index contributed by atoms with van der Waals surface area (Å²) in [7, 11) is 0. The van der Waals surface area contributed by atoms with Gasteiger partial charge >= 0.3 is 12.6 Å². The van der Waals surface area contributed by atoms with Gasteiger partial charge in [-0.2, -0.15) is 8.78 Å². The van der Waals surface area contributed by atoms with Crippen LogP contribution in [0.25, 0.3) is 0 Å². The minimum Gasteiger partial charge on any atom is -0.457 e. The van der Waals surface area contributed by atoms with E-state index in [1.807, 2.05) is 0 Å². The SMILES string of the molecule is O=C(OCc1ccc(F)cc1)c1ccccc1OC(F)F. The molecule has 0 aliphatic carbocycles. The zero-order chi connectivity index (χ0) is 15.2. The van der Waals surface area contributed by atoms with Crippen LogP contribution in [0.1, 0.15) is 15.9 Å². The van der Waals surface area contributed by atoms with E-state index < -0.39 is 18.4 Å². The van der Waals surface area contributed by atoms with Crippen molar-refractivity contribution in [3.63, 3.8) is 0 Å². The standard InChI is InChI=1S/C15H11F3O3/c16-11-7-5-10(6-8-11)9-20-14(19)12-3-1-2-4-13(12)21-15(17)18/h1-8,15H,9H2. The van der Waals surface area contributed by atoms with Crippen LogP contribution in [0.3, 0.4) is 0 Å². The van der Waals surface area contributed by atoms with Crippen molar-refractivity contribution in [2.75, 3.05) is 0 Å². The van der Waals surface area contributed by atoms with Gasteiger partial charge in [0, 0.05) is 0 Å². The molecule has 21 heavy (non-hydrogen) atoms. The molecule has 0 N–H and O–H groups in total. The lowest BCUT2D eigenvalue weighted by molar-refractivity contribution is -0.0504. The number of alkyl halides is 2. The lowest BCUT2D eigenvalue weighted by Gasteiger charge is -2.10. The molecule has 0 fully saturated rings. The fourth-order valence-corrected chi connectivity index (χ4v) is 1.64. The van der Waals surface area contributed by atoms with Gasteiger partial charge in [-0.05, 0) is 29.8 Å². The minimum atomic E-state index is -3.03. The van der Waals surface area contributed by atoms with E-state index in [0.29, 0.717) is 5.56 Å². The average molecular weight is 296 g/mol. The van der Waals surface area contributed by atoms with Gasteiger partial charge in [-0.3, -0.25) is 0 Å². The molecule has 0 amide bonds. The Morgan fingerprint density at radius 2 is 1.71 bits per heavy atom. The Labute approximate surface area is 118 Å². The number of carbonyl (C=O) groups is 1. The highest BCUT2D eigenvalue weighted by atomic mass is 19.3. The first-order valence-electron chi connectivity index (χ1n) is 6.01. The molecule has 0 aromatic heterocycles. The first-order chi connectivity index (χ1) is 10.1. The van der Waals surface area contributed by atoms with Gasteiger partial charge in [0.2, 0.25) is 0 Å². The summed E-state index contributed by atoms with van der Waals surface area (Å²) in [6.45, 7) is -3.13. The maximum atomic E-state index is 12.7. The topological polar surface area (TPSA) is 35.5 Å². The summed E-state index contributed by atoms with van der Waals surface area (Å²) in [5.74, 6) is -1.45. The molecular formula is C15H11F3O3. The Kier molecular flexibility index (Phi) is 4.81. The minimum absolute atomic E-state index is 0.0951. The predicted molar refractivity (Wildman–Crippen MR) is 68.6 cm³/mol. The lowest BCUT2D eigenvalue weighted by Crippen LogP contribution is -2.10. The van der Waals surface area contributed by atoms with E-state index in [-0.39, 0.29) is 17.9 Å². The Morgan fingerprint density at radius 3 is 2.38 bits per heavy atom. The number of hydrogen-bond acceptors (Lipinski definition) is 3. The Hall–Kier alpha value is -2.50. The van der Waals surface area contributed by atoms with Crippen LogP contribution in [0.5, 0.6) is 5.75 Å². The molecule has 0 atom stereocenters. The number of carbonyl (C=O) groups excluding carboxylic acids is 1. The molecule has 3 nitrogen and oxygen atoms in total. The first kappa shape index (κ1) is 14.9. The molecule has 0 unspecified atom stereocenters. The van der Waals surface area contributed by atoms with Crippen LogP contribution in [0.2, 0.25) is 0 Å². The van der Waals surface area contributed by atoms with Gasteiger partial charge in [-0.1, -0.05) is 24.3 Å². The summed E-state index contributed by atoms with van der Waals surface area (Å²) >= 11 is 0. The molecule has 6 heteroatoms. The highest BCUT2D eigenvalue weighted by Gasteiger charge is 2.16. The van der Waals surface area contributed by atoms with Crippen LogP contribution in [0.4, 0.5) is 13.2 Å². The zero-order valence-corrected chi connectivity index (χ0v) is 10.8. The van der Waals surface area contributed by atoms with Gasteiger partial charge in [-0.15, -0.1) is 0 Å². The van der Waals surface area contributed by atoms with Crippen LogP contribution in [0.15, 0.2) is 48.5 Å². The molecule has 0 aliphatic heterocycles. The molecule has 0 saturated heterocycles. The maximum absolute atomic E-state index is 12.7. The fraction of sp³-hybridized carbons (Fsp3) is 0.133. The molecule has 0 bridgehead atoms. The highest BCUT2D eigenvalue weighted by molar-refractivity contribution is 5.92. The van der Waals surface area contributed by atoms with Crippen molar-refractivity contribution < 1.29 is 27.4 Å². The smallest absolute Gasteiger partial charge is 0.387 e. The van der Waals surface area contributed by atoms with Crippen molar-refractivity contribution in [3.05, 3.63) is 65.5 Å². The van der Waals surface area contributed by atoms with Gasteiger partial charge in [-0.25, -0.2) is 9.18 Å². The molecule has 2 aromatic rings. The van der Waals surface area contributed by atoms with Crippen LogP contribution in [-0.2, 0) is 11.3 Å². The van der Waals surface area contributed by atoms with Gasteiger partial charge in [0.25, 0.3) is 0 Å².